The molecule has 0 radical (unpaired) electrons. The highest BCUT2D eigenvalue weighted by Gasteiger charge is 2.28. The number of carbonyl (C=O) groups is 1. The van der Waals surface area contributed by atoms with E-state index in [0.717, 1.165) is 12.1 Å². The molecule has 1 N–H and O–H groups in total. The third kappa shape index (κ3) is 3.69. The molecule has 24 heavy (non-hydrogen) atoms. The van der Waals surface area contributed by atoms with Crippen molar-refractivity contribution in [2.75, 3.05) is 19.6 Å². The van der Waals surface area contributed by atoms with Gasteiger partial charge in [-0.15, -0.1) is 12.4 Å². The smallest absolute Gasteiger partial charge is 0.269 e. The van der Waals surface area contributed by atoms with E-state index in [0.29, 0.717) is 18.7 Å². The molecular formula is C16H17ClN4O3. The highest BCUT2D eigenvalue weighted by Crippen LogP contribution is 2.24. The first-order valence-corrected chi connectivity index (χ1v) is 7.33. The van der Waals surface area contributed by atoms with Gasteiger partial charge in [-0.05, 0) is 23.8 Å². The Kier molecular flexibility index (Phi) is 5.83. The number of amides is 1. The average Bonchev–Trinajstić information content (AvgIpc) is 2.62. The van der Waals surface area contributed by atoms with Crippen molar-refractivity contribution in [3.63, 3.8) is 0 Å². The van der Waals surface area contributed by atoms with Gasteiger partial charge < -0.3 is 10.2 Å². The van der Waals surface area contributed by atoms with E-state index < -0.39 is 4.92 Å². The first-order valence-electron chi connectivity index (χ1n) is 7.33. The van der Waals surface area contributed by atoms with Gasteiger partial charge >= 0.3 is 0 Å². The summed E-state index contributed by atoms with van der Waals surface area (Å²) in [7, 11) is 0. The number of nitrogens with one attached hydrogen (secondary N) is 1. The van der Waals surface area contributed by atoms with Crippen LogP contribution in [0.3, 0.4) is 0 Å². The second-order valence-corrected chi connectivity index (χ2v) is 5.31. The second kappa shape index (κ2) is 7.85. The molecule has 0 saturated carbocycles. The summed E-state index contributed by atoms with van der Waals surface area (Å²) >= 11 is 0. The Morgan fingerprint density at radius 2 is 2.04 bits per heavy atom. The Labute approximate surface area is 145 Å². The van der Waals surface area contributed by atoms with Crippen LogP contribution in [-0.4, -0.2) is 40.3 Å². The molecule has 1 aromatic carbocycles. The SMILES string of the molecule is Cl.O=C(c1ccc([N+](=O)[O-])cc1)N1CCNCC1c1cccnc1. The highest BCUT2D eigenvalue weighted by molar-refractivity contribution is 5.94. The van der Waals surface area contributed by atoms with Crippen molar-refractivity contribution in [1.29, 1.82) is 0 Å². The minimum atomic E-state index is -0.475. The lowest BCUT2D eigenvalue weighted by Gasteiger charge is -2.36. The van der Waals surface area contributed by atoms with Gasteiger partial charge in [0.1, 0.15) is 0 Å². The Morgan fingerprint density at radius 3 is 2.67 bits per heavy atom. The molecule has 7 nitrogen and oxygen atoms in total. The number of non-ortho nitro benzene ring substituents is 1. The number of hydrogen-bond acceptors (Lipinski definition) is 5. The van der Waals surface area contributed by atoms with Crippen LogP contribution in [0.4, 0.5) is 5.69 Å². The predicted molar refractivity (Wildman–Crippen MR) is 91.2 cm³/mol. The van der Waals surface area contributed by atoms with Crippen molar-refractivity contribution < 1.29 is 9.72 Å². The van der Waals surface area contributed by atoms with E-state index >= 15 is 0 Å². The lowest BCUT2D eigenvalue weighted by atomic mass is 10.0. The summed E-state index contributed by atoms with van der Waals surface area (Å²) in [6.07, 6.45) is 3.45. The summed E-state index contributed by atoms with van der Waals surface area (Å²) in [6.45, 7) is 1.95. The minimum absolute atomic E-state index is 0. The van der Waals surface area contributed by atoms with Crippen LogP contribution in [0.25, 0.3) is 0 Å². The lowest BCUT2D eigenvalue weighted by Crippen LogP contribution is -2.48. The molecule has 0 bridgehead atoms. The number of nitro benzene ring substituents is 1. The van der Waals surface area contributed by atoms with Gasteiger partial charge in [-0.1, -0.05) is 6.07 Å². The summed E-state index contributed by atoms with van der Waals surface area (Å²) < 4.78 is 0. The number of benzene rings is 1. The number of rotatable bonds is 3. The first kappa shape index (κ1) is 17.8. The number of nitro groups is 1. The normalized spacial score (nSPS) is 17.0. The molecule has 1 fully saturated rings. The number of halogens is 1. The van der Waals surface area contributed by atoms with Crippen LogP contribution in [0.15, 0.2) is 48.8 Å². The monoisotopic (exact) mass is 348 g/mol. The molecule has 1 aliphatic heterocycles. The van der Waals surface area contributed by atoms with Crippen molar-refractivity contribution in [2.45, 2.75) is 6.04 Å². The van der Waals surface area contributed by atoms with Gasteiger partial charge in [0, 0.05) is 49.7 Å². The van der Waals surface area contributed by atoms with Crippen molar-refractivity contribution in [2.24, 2.45) is 0 Å². The lowest BCUT2D eigenvalue weighted by molar-refractivity contribution is -0.384. The molecule has 8 heteroatoms. The van der Waals surface area contributed by atoms with E-state index in [1.165, 1.54) is 24.3 Å². The number of nitrogens with zero attached hydrogens (tertiary/aromatic N) is 3. The van der Waals surface area contributed by atoms with Crippen molar-refractivity contribution in [3.8, 4) is 0 Å². The van der Waals surface area contributed by atoms with Gasteiger partial charge in [0.15, 0.2) is 0 Å². The van der Waals surface area contributed by atoms with Crippen molar-refractivity contribution in [3.05, 3.63) is 70.0 Å². The molecular weight excluding hydrogens is 332 g/mol. The zero-order chi connectivity index (χ0) is 16.2. The molecule has 0 aliphatic carbocycles. The number of hydrogen-bond donors (Lipinski definition) is 1. The fourth-order valence-corrected chi connectivity index (χ4v) is 2.71. The summed E-state index contributed by atoms with van der Waals surface area (Å²) in [5.41, 5.74) is 1.40. The van der Waals surface area contributed by atoms with Crippen molar-refractivity contribution >= 4 is 24.0 Å². The fourth-order valence-electron chi connectivity index (χ4n) is 2.71. The van der Waals surface area contributed by atoms with Gasteiger partial charge in [0.2, 0.25) is 0 Å². The average molecular weight is 349 g/mol. The zero-order valence-electron chi connectivity index (χ0n) is 12.8. The molecule has 2 heterocycles. The fraction of sp³-hybridized carbons (Fsp3) is 0.250. The van der Waals surface area contributed by atoms with Gasteiger partial charge in [-0.3, -0.25) is 19.9 Å². The summed E-state index contributed by atoms with van der Waals surface area (Å²) in [4.78, 5) is 28.9. The molecule has 2 aromatic rings. The molecule has 3 rings (SSSR count). The van der Waals surface area contributed by atoms with E-state index in [-0.39, 0.29) is 30.0 Å². The van der Waals surface area contributed by atoms with Gasteiger partial charge in [-0.25, -0.2) is 0 Å². The van der Waals surface area contributed by atoms with Gasteiger partial charge in [0.05, 0.1) is 11.0 Å². The molecule has 1 unspecified atom stereocenters. The summed E-state index contributed by atoms with van der Waals surface area (Å²) in [6, 6.07) is 9.41. The number of aromatic nitrogens is 1. The van der Waals surface area contributed by atoms with E-state index in [4.69, 9.17) is 0 Å². The Balaban J connectivity index is 0.00000208. The van der Waals surface area contributed by atoms with Crippen LogP contribution in [-0.2, 0) is 0 Å². The summed E-state index contributed by atoms with van der Waals surface area (Å²) in [5, 5.41) is 14.0. The number of piperazine rings is 1. The van der Waals surface area contributed by atoms with Gasteiger partial charge in [0.25, 0.3) is 11.6 Å². The molecule has 1 aromatic heterocycles. The first-order chi connectivity index (χ1) is 11.2. The number of pyridine rings is 1. The Hall–Kier alpha value is -2.51. The van der Waals surface area contributed by atoms with Gasteiger partial charge in [-0.2, -0.15) is 0 Å². The Bertz CT molecular complexity index is 709. The third-order valence-corrected chi connectivity index (χ3v) is 3.90. The Morgan fingerprint density at radius 1 is 1.29 bits per heavy atom. The third-order valence-electron chi connectivity index (χ3n) is 3.90. The molecule has 126 valence electrons. The maximum atomic E-state index is 12.8. The highest BCUT2D eigenvalue weighted by atomic mass is 35.5. The van der Waals surface area contributed by atoms with Crippen LogP contribution in [0.2, 0.25) is 0 Å². The van der Waals surface area contributed by atoms with E-state index in [2.05, 4.69) is 10.3 Å². The molecule has 1 aliphatic rings. The zero-order valence-corrected chi connectivity index (χ0v) is 13.6. The van der Waals surface area contributed by atoms with Crippen LogP contribution < -0.4 is 5.32 Å². The van der Waals surface area contributed by atoms with Crippen LogP contribution in [0.5, 0.6) is 0 Å². The second-order valence-electron chi connectivity index (χ2n) is 5.31. The van der Waals surface area contributed by atoms with E-state index in [1.807, 2.05) is 12.1 Å². The largest absolute Gasteiger partial charge is 0.329 e. The predicted octanol–water partition coefficient (Wildman–Crippen LogP) is 2.20. The number of carbonyl (C=O) groups excluding carboxylic acids is 1. The standard InChI is InChI=1S/C16H16N4O3.ClH/c21-16(12-3-5-14(6-4-12)20(22)23)19-9-8-18-11-15(19)13-2-1-7-17-10-13;/h1-7,10,15,18H,8-9,11H2;1H. The molecule has 1 saturated heterocycles. The maximum absolute atomic E-state index is 12.8. The van der Waals surface area contributed by atoms with Crippen LogP contribution in [0.1, 0.15) is 22.0 Å². The molecule has 1 amide bonds. The van der Waals surface area contributed by atoms with Crippen LogP contribution in [0, 0.1) is 10.1 Å². The summed E-state index contributed by atoms with van der Waals surface area (Å²) in [5.74, 6) is -0.129. The molecule has 0 spiro atoms. The quantitative estimate of drug-likeness (QED) is 0.678. The van der Waals surface area contributed by atoms with Crippen molar-refractivity contribution in [1.82, 2.24) is 15.2 Å². The minimum Gasteiger partial charge on any atom is -0.329 e. The van der Waals surface area contributed by atoms with E-state index in [1.54, 1.807) is 17.3 Å². The molecule has 1 atom stereocenters. The maximum Gasteiger partial charge on any atom is 0.269 e. The van der Waals surface area contributed by atoms with E-state index in [9.17, 15) is 14.9 Å². The topological polar surface area (TPSA) is 88.4 Å². The van der Waals surface area contributed by atoms with Crippen LogP contribution >= 0.6 is 12.4 Å².